The van der Waals surface area contributed by atoms with Gasteiger partial charge in [0.2, 0.25) is 0 Å². The van der Waals surface area contributed by atoms with Gasteiger partial charge in [-0.1, -0.05) is 46.9 Å². The van der Waals surface area contributed by atoms with Crippen LogP contribution >= 0.6 is 34.8 Å². The van der Waals surface area contributed by atoms with E-state index in [1.807, 2.05) is 19.1 Å². The number of hydrogen-bond donors (Lipinski definition) is 1. The molecule has 1 atom stereocenters. The molecule has 0 spiro atoms. The predicted molar refractivity (Wildman–Crippen MR) is 74.1 cm³/mol. The minimum atomic E-state index is 0.0369. The zero-order valence-electron chi connectivity index (χ0n) is 9.42. The van der Waals surface area contributed by atoms with Crippen LogP contribution in [-0.2, 0) is 6.42 Å². The van der Waals surface area contributed by atoms with Crippen molar-refractivity contribution in [1.82, 2.24) is 0 Å². The molecule has 0 aromatic heterocycles. The molecule has 0 radical (unpaired) electrons. The molecule has 0 aliphatic heterocycles. The van der Waals surface area contributed by atoms with Crippen LogP contribution in [0.25, 0.3) is 0 Å². The average molecular weight is 295 g/mol. The zero-order valence-corrected chi connectivity index (χ0v) is 11.7. The summed E-state index contributed by atoms with van der Waals surface area (Å²) in [6.45, 7) is 2.12. The first-order valence-electron chi connectivity index (χ1n) is 5.15. The van der Waals surface area contributed by atoms with Crippen molar-refractivity contribution in [3.05, 3.63) is 39.4 Å². The number of nitrogens with two attached hydrogens (primary N) is 1. The van der Waals surface area contributed by atoms with E-state index in [1.165, 1.54) is 5.54 Å². The summed E-state index contributed by atoms with van der Waals surface area (Å²) in [4.78, 5) is 0. The van der Waals surface area contributed by atoms with Gasteiger partial charge in [0.15, 0.2) is 0 Å². The Balaban J connectivity index is 2.87. The zero-order chi connectivity index (χ0) is 12.8. The van der Waals surface area contributed by atoms with E-state index in [1.54, 1.807) is 6.07 Å². The maximum atomic E-state index is 6.08. The monoisotopic (exact) mass is 293 g/mol. The lowest BCUT2D eigenvalue weighted by Crippen LogP contribution is -2.18. The molecule has 2 nitrogen and oxygen atoms in total. The Labute approximate surface area is 116 Å². The molecule has 1 unspecified atom stereocenters. The van der Waals surface area contributed by atoms with Gasteiger partial charge >= 0.3 is 0 Å². The van der Waals surface area contributed by atoms with E-state index < -0.39 is 0 Å². The molecule has 0 fully saturated rings. The smallest absolute Gasteiger partial charge is 0.141 e. The number of para-hydroxylation sites is 1. The largest absolute Gasteiger partial charge is 0.486 e. The summed E-state index contributed by atoms with van der Waals surface area (Å²) in [6.07, 6.45) is 0.693. The average Bonchev–Trinajstić information content (AvgIpc) is 2.27. The quantitative estimate of drug-likeness (QED) is 0.893. The molecule has 2 N–H and O–H groups in total. The summed E-state index contributed by atoms with van der Waals surface area (Å²) in [5.74, 6) is 0.614. The third-order valence-corrected chi connectivity index (χ3v) is 2.95. The molecule has 1 rings (SSSR count). The number of halogens is 3. The molecule has 1 aromatic rings. The molecule has 0 amide bonds. The summed E-state index contributed by atoms with van der Waals surface area (Å²) in [7, 11) is 0. The first-order valence-corrected chi connectivity index (χ1v) is 6.34. The fraction of sp³-hybridized carbons (Fsp3) is 0.333. The van der Waals surface area contributed by atoms with Crippen molar-refractivity contribution in [3.8, 4) is 5.75 Å². The third kappa shape index (κ3) is 4.76. The van der Waals surface area contributed by atoms with Gasteiger partial charge in [0.05, 0.1) is 10.1 Å². The molecule has 1 aromatic carbocycles. The fourth-order valence-corrected chi connectivity index (χ4v) is 1.76. The highest BCUT2D eigenvalue weighted by atomic mass is 35.5. The second kappa shape index (κ2) is 7.12. The summed E-state index contributed by atoms with van der Waals surface area (Å²) in [5, 5.41) is 0.959. The van der Waals surface area contributed by atoms with Gasteiger partial charge in [0.1, 0.15) is 12.4 Å². The Hall–Kier alpha value is -0.410. The number of hydrogen-bond acceptors (Lipinski definition) is 2. The number of ether oxygens (including phenoxy) is 1. The second-order valence-corrected chi connectivity index (χ2v) is 4.87. The van der Waals surface area contributed by atoms with Gasteiger partial charge in [-0.15, -0.1) is 0 Å². The van der Waals surface area contributed by atoms with E-state index in [2.05, 4.69) is 0 Å². The van der Waals surface area contributed by atoms with Crippen LogP contribution in [0.1, 0.15) is 12.5 Å². The van der Waals surface area contributed by atoms with Crippen LogP contribution in [0, 0.1) is 0 Å². The third-order valence-electron chi connectivity index (χ3n) is 2.06. The maximum Gasteiger partial charge on any atom is 0.141 e. The van der Waals surface area contributed by atoms with E-state index in [-0.39, 0.29) is 12.6 Å². The van der Waals surface area contributed by atoms with Gasteiger partial charge in [-0.05, 0) is 25.0 Å². The topological polar surface area (TPSA) is 35.2 Å². The molecule has 5 heteroatoms. The first kappa shape index (κ1) is 14.7. The lowest BCUT2D eigenvalue weighted by Gasteiger charge is -2.14. The molecule has 0 bridgehead atoms. The van der Waals surface area contributed by atoms with Crippen molar-refractivity contribution in [1.29, 1.82) is 0 Å². The summed E-state index contributed by atoms with van der Waals surface area (Å²) in [6, 6.07) is 5.60. The Morgan fingerprint density at radius 2 is 2.24 bits per heavy atom. The van der Waals surface area contributed by atoms with Crippen LogP contribution in [0.2, 0.25) is 5.02 Å². The Morgan fingerprint density at radius 3 is 2.82 bits per heavy atom. The van der Waals surface area contributed by atoms with Crippen molar-refractivity contribution in [2.45, 2.75) is 19.4 Å². The summed E-state index contributed by atoms with van der Waals surface area (Å²) >= 11 is 17.3. The molecule has 0 heterocycles. The van der Waals surface area contributed by atoms with Crippen molar-refractivity contribution in [3.63, 3.8) is 0 Å². The molecular formula is C12H14Cl3NO. The van der Waals surface area contributed by atoms with Crippen LogP contribution in [0.4, 0.5) is 0 Å². The minimum Gasteiger partial charge on any atom is -0.486 e. The second-order valence-electron chi connectivity index (χ2n) is 3.75. The number of benzene rings is 1. The Morgan fingerprint density at radius 1 is 1.53 bits per heavy atom. The summed E-state index contributed by atoms with van der Waals surface area (Å²) < 4.78 is 5.55. The minimum absolute atomic E-state index is 0.0369. The molecular weight excluding hydrogens is 280 g/mol. The van der Waals surface area contributed by atoms with E-state index in [4.69, 9.17) is 45.3 Å². The van der Waals surface area contributed by atoms with Gasteiger partial charge in [0, 0.05) is 11.6 Å². The maximum absolute atomic E-state index is 6.08. The van der Waals surface area contributed by atoms with Crippen LogP contribution in [-0.4, -0.2) is 12.6 Å². The summed E-state index contributed by atoms with van der Waals surface area (Å²) in [5.41, 5.74) is 8.00. The van der Waals surface area contributed by atoms with Crippen LogP contribution in [0.15, 0.2) is 28.8 Å². The molecule has 17 heavy (non-hydrogen) atoms. The van der Waals surface area contributed by atoms with Gasteiger partial charge in [-0.25, -0.2) is 0 Å². The van der Waals surface area contributed by atoms with Crippen molar-refractivity contribution in [2.24, 2.45) is 5.73 Å². The molecule has 0 saturated heterocycles. The molecule has 94 valence electrons. The van der Waals surface area contributed by atoms with Crippen molar-refractivity contribution >= 4 is 34.8 Å². The van der Waals surface area contributed by atoms with Crippen LogP contribution in [0.5, 0.6) is 5.75 Å². The number of rotatable bonds is 5. The SMILES string of the molecule is CC(N)Cc1cccc(Cl)c1OC/C(Cl)=C/Cl. The first-order chi connectivity index (χ1) is 8.04. The molecule has 0 aliphatic carbocycles. The highest BCUT2D eigenvalue weighted by Crippen LogP contribution is 2.30. The van der Waals surface area contributed by atoms with Crippen molar-refractivity contribution in [2.75, 3.05) is 6.61 Å². The molecule has 0 aliphatic rings. The van der Waals surface area contributed by atoms with E-state index in [0.29, 0.717) is 22.2 Å². The highest BCUT2D eigenvalue weighted by molar-refractivity contribution is 6.36. The lowest BCUT2D eigenvalue weighted by atomic mass is 10.1. The van der Waals surface area contributed by atoms with Crippen LogP contribution in [0.3, 0.4) is 0 Å². The highest BCUT2D eigenvalue weighted by Gasteiger charge is 2.10. The van der Waals surface area contributed by atoms with Crippen molar-refractivity contribution < 1.29 is 4.74 Å². The standard InChI is InChI=1S/C12H14Cl3NO/c1-8(16)5-9-3-2-4-11(15)12(9)17-7-10(14)6-13/h2-4,6,8H,5,7,16H2,1H3/b10-6-. The van der Waals surface area contributed by atoms with Gasteiger partial charge in [0.25, 0.3) is 0 Å². The normalized spacial score (nSPS) is 13.6. The fourth-order valence-electron chi connectivity index (χ4n) is 1.40. The Bertz CT molecular complexity index is 405. The molecule has 0 saturated carbocycles. The van der Waals surface area contributed by atoms with Crippen LogP contribution < -0.4 is 10.5 Å². The van der Waals surface area contributed by atoms with Gasteiger partial charge in [-0.3, -0.25) is 0 Å². The van der Waals surface area contributed by atoms with E-state index >= 15 is 0 Å². The van der Waals surface area contributed by atoms with E-state index in [9.17, 15) is 0 Å². The van der Waals surface area contributed by atoms with Gasteiger partial charge < -0.3 is 10.5 Å². The van der Waals surface area contributed by atoms with E-state index in [0.717, 1.165) is 5.56 Å². The Kier molecular flexibility index (Phi) is 6.14. The van der Waals surface area contributed by atoms with Gasteiger partial charge in [-0.2, -0.15) is 0 Å². The predicted octanol–water partition coefficient (Wildman–Crippen LogP) is 3.93. The lowest BCUT2D eigenvalue weighted by molar-refractivity contribution is 0.354.